The number of nitrogens with one attached hydrogen (secondary N) is 1. The maximum Gasteiger partial charge on any atom is 0.230 e. The Morgan fingerprint density at radius 3 is 2.45 bits per heavy atom. The zero-order valence-electron chi connectivity index (χ0n) is 10.6. The largest absolute Gasteiger partial charge is 0.351 e. The molecule has 2 aromatic carbocycles. The van der Waals surface area contributed by atoms with Crippen molar-refractivity contribution in [2.45, 2.75) is 11.4 Å². The molecule has 1 N–H and O–H groups in total. The topological polar surface area (TPSA) is 29.1 Å². The van der Waals surface area contributed by atoms with E-state index in [0.717, 1.165) is 10.5 Å². The van der Waals surface area contributed by atoms with E-state index in [2.05, 4.69) is 5.32 Å². The van der Waals surface area contributed by atoms with Crippen LogP contribution in [0, 0.1) is 0 Å². The fraction of sp³-hybridized carbons (Fsp3) is 0.133. The second-order valence-corrected chi connectivity index (χ2v) is 6.00. The summed E-state index contributed by atoms with van der Waals surface area (Å²) in [5.41, 5.74) is 0.916. The summed E-state index contributed by atoms with van der Waals surface area (Å²) in [6, 6.07) is 14.9. The molecule has 20 heavy (non-hydrogen) atoms. The first-order valence-electron chi connectivity index (χ1n) is 6.03. The van der Waals surface area contributed by atoms with Crippen molar-refractivity contribution in [3.63, 3.8) is 0 Å². The Morgan fingerprint density at radius 1 is 1.05 bits per heavy atom. The van der Waals surface area contributed by atoms with E-state index in [9.17, 15) is 4.79 Å². The van der Waals surface area contributed by atoms with Crippen LogP contribution in [0.2, 0.25) is 10.0 Å². The lowest BCUT2D eigenvalue weighted by atomic mass is 10.2. The third-order valence-corrected chi connectivity index (χ3v) is 4.25. The average Bonchev–Trinajstić information content (AvgIpc) is 2.46. The number of rotatable bonds is 5. The van der Waals surface area contributed by atoms with Gasteiger partial charge in [0.25, 0.3) is 0 Å². The molecule has 0 aliphatic rings. The summed E-state index contributed by atoms with van der Waals surface area (Å²) in [7, 11) is 0. The number of amides is 1. The van der Waals surface area contributed by atoms with Gasteiger partial charge in [-0.2, -0.15) is 0 Å². The van der Waals surface area contributed by atoms with E-state index >= 15 is 0 Å². The number of benzene rings is 2. The summed E-state index contributed by atoms with van der Waals surface area (Å²) in [6.45, 7) is 0.444. The smallest absolute Gasteiger partial charge is 0.230 e. The van der Waals surface area contributed by atoms with E-state index in [4.69, 9.17) is 23.2 Å². The molecule has 2 aromatic rings. The highest BCUT2D eigenvalue weighted by molar-refractivity contribution is 8.00. The maximum absolute atomic E-state index is 11.8. The van der Waals surface area contributed by atoms with Gasteiger partial charge >= 0.3 is 0 Å². The van der Waals surface area contributed by atoms with Gasteiger partial charge in [-0.25, -0.2) is 0 Å². The lowest BCUT2D eigenvalue weighted by Crippen LogP contribution is -2.24. The van der Waals surface area contributed by atoms with Gasteiger partial charge in [0.1, 0.15) is 0 Å². The van der Waals surface area contributed by atoms with Crippen LogP contribution in [-0.2, 0) is 11.3 Å². The Morgan fingerprint density at radius 2 is 1.75 bits per heavy atom. The summed E-state index contributed by atoms with van der Waals surface area (Å²) in [6.07, 6.45) is 0. The number of halogens is 2. The standard InChI is InChI=1S/C15H13Cl2NOS/c16-12-5-7-13(8-6-12)20-10-15(19)18-9-11-3-1-2-4-14(11)17/h1-8H,9-10H2,(H,18,19). The van der Waals surface area contributed by atoms with E-state index in [1.165, 1.54) is 11.8 Å². The van der Waals surface area contributed by atoms with Crippen LogP contribution in [0.4, 0.5) is 0 Å². The molecule has 0 radical (unpaired) electrons. The van der Waals surface area contributed by atoms with Gasteiger partial charge in [0, 0.05) is 21.5 Å². The maximum atomic E-state index is 11.8. The van der Waals surface area contributed by atoms with E-state index in [1.54, 1.807) is 0 Å². The molecular formula is C15H13Cl2NOS. The normalized spacial score (nSPS) is 10.3. The summed E-state index contributed by atoms with van der Waals surface area (Å²) >= 11 is 13.3. The second-order valence-electron chi connectivity index (χ2n) is 4.11. The number of hydrogen-bond acceptors (Lipinski definition) is 2. The highest BCUT2D eigenvalue weighted by atomic mass is 35.5. The van der Waals surface area contributed by atoms with Crippen LogP contribution in [0.1, 0.15) is 5.56 Å². The van der Waals surface area contributed by atoms with Gasteiger partial charge < -0.3 is 5.32 Å². The summed E-state index contributed by atoms with van der Waals surface area (Å²) in [4.78, 5) is 12.8. The number of hydrogen-bond donors (Lipinski definition) is 1. The Bertz CT molecular complexity index is 587. The van der Waals surface area contributed by atoms with Gasteiger partial charge in [0.15, 0.2) is 0 Å². The van der Waals surface area contributed by atoms with Crippen molar-refractivity contribution in [2.24, 2.45) is 0 Å². The first-order valence-corrected chi connectivity index (χ1v) is 7.78. The third kappa shape index (κ3) is 4.75. The van der Waals surface area contributed by atoms with Crippen LogP contribution in [0.15, 0.2) is 53.4 Å². The Kier molecular flexibility index (Phi) is 5.77. The third-order valence-electron chi connectivity index (χ3n) is 2.62. The Hall–Kier alpha value is -1.16. The van der Waals surface area contributed by atoms with Crippen LogP contribution in [0.5, 0.6) is 0 Å². The van der Waals surface area contributed by atoms with Crippen molar-refractivity contribution in [1.29, 1.82) is 0 Å². The molecule has 1 amide bonds. The van der Waals surface area contributed by atoms with Gasteiger partial charge in [-0.05, 0) is 35.9 Å². The molecule has 0 saturated heterocycles. The van der Waals surface area contributed by atoms with Crippen molar-refractivity contribution in [1.82, 2.24) is 5.32 Å². The average molecular weight is 326 g/mol. The van der Waals surface area contributed by atoms with Crippen LogP contribution in [0.25, 0.3) is 0 Å². The lowest BCUT2D eigenvalue weighted by molar-refractivity contribution is -0.118. The van der Waals surface area contributed by atoms with Gasteiger partial charge in [-0.15, -0.1) is 11.8 Å². The summed E-state index contributed by atoms with van der Waals surface area (Å²) in [5.74, 6) is 0.344. The van der Waals surface area contributed by atoms with Crippen LogP contribution in [-0.4, -0.2) is 11.7 Å². The predicted octanol–water partition coefficient (Wildman–Crippen LogP) is 4.40. The van der Waals surface area contributed by atoms with E-state index < -0.39 is 0 Å². The fourth-order valence-corrected chi connectivity index (χ4v) is 2.62. The molecule has 0 aliphatic carbocycles. The fourth-order valence-electron chi connectivity index (χ4n) is 1.57. The first kappa shape index (κ1) is 15.2. The minimum absolute atomic E-state index is 0.0233. The zero-order chi connectivity index (χ0) is 14.4. The van der Waals surface area contributed by atoms with Gasteiger partial charge in [-0.1, -0.05) is 41.4 Å². The van der Waals surface area contributed by atoms with Crippen molar-refractivity contribution in [2.75, 3.05) is 5.75 Å². The monoisotopic (exact) mass is 325 g/mol. The lowest BCUT2D eigenvalue weighted by Gasteiger charge is -2.07. The number of carbonyl (C=O) groups is 1. The molecule has 0 aromatic heterocycles. The van der Waals surface area contributed by atoms with Gasteiger partial charge in [0.05, 0.1) is 5.75 Å². The quantitative estimate of drug-likeness (QED) is 0.825. The predicted molar refractivity (Wildman–Crippen MR) is 85.5 cm³/mol. The zero-order valence-corrected chi connectivity index (χ0v) is 12.9. The molecule has 0 heterocycles. The molecule has 5 heteroatoms. The molecule has 0 aliphatic heterocycles. The highest BCUT2D eigenvalue weighted by Crippen LogP contribution is 2.20. The van der Waals surface area contributed by atoms with Crippen LogP contribution in [0.3, 0.4) is 0 Å². The van der Waals surface area contributed by atoms with E-state index in [1.807, 2.05) is 48.5 Å². The molecular weight excluding hydrogens is 313 g/mol. The number of carbonyl (C=O) groups excluding carboxylic acids is 1. The molecule has 2 rings (SSSR count). The van der Waals surface area contributed by atoms with Gasteiger partial charge in [0.2, 0.25) is 5.91 Å². The van der Waals surface area contributed by atoms with E-state index in [0.29, 0.717) is 22.3 Å². The molecule has 0 atom stereocenters. The minimum Gasteiger partial charge on any atom is -0.351 e. The molecule has 104 valence electrons. The summed E-state index contributed by atoms with van der Waals surface area (Å²) in [5, 5.41) is 4.21. The molecule has 0 bridgehead atoms. The van der Waals surface area contributed by atoms with Crippen molar-refractivity contribution in [3.05, 3.63) is 64.1 Å². The Balaban J connectivity index is 1.78. The first-order chi connectivity index (χ1) is 9.65. The minimum atomic E-state index is -0.0233. The number of thioether (sulfide) groups is 1. The van der Waals surface area contributed by atoms with Crippen LogP contribution >= 0.6 is 35.0 Å². The van der Waals surface area contributed by atoms with Gasteiger partial charge in [-0.3, -0.25) is 4.79 Å². The molecule has 2 nitrogen and oxygen atoms in total. The SMILES string of the molecule is O=C(CSc1ccc(Cl)cc1)NCc1ccccc1Cl. The molecule has 0 saturated carbocycles. The molecule has 0 spiro atoms. The van der Waals surface area contributed by atoms with Crippen molar-refractivity contribution in [3.8, 4) is 0 Å². The van der Waals surface area contributed by atoms with Crippen molar-refractivity contribution < 1.29 is 4.79 Å². The highest BCUT2D eigenvalue weighted by Gasteiger charge is 2.04. The molecule has 0 unspecified atom stereocenters. The van der Waals surface area contributed by atoms with E-state index in [-0.39, 0.29) is 5.91 Å². The van der Waals surface area contributed by atoms with Crippen LogP contribution < -0.4 is 5.32 Å². The van der Waals surface area contributed by atoms with Crippen molar-refractivity contribution >= 4 is 40.9 Å². The second kappa shape index (κ2) is 7.58. The summed E-state index contributed by atoms with van der Waals surface area (Å²) < 4.78 is 0. The Labute approximate surface area is 132 Å². The molecule has 0 fully saturated rings.